The number of nitrogens with zero attached hydrogens (tertiary/aromatic N) is 4. The zero-order valence-corrected chi connectivity index (χ0v) is 21.8. The largest absolute Gasteiger partial charge is 0.333 e. The van der Waals surface area contributed by atoms with Crippen LogP contribution < -0.4 is 5.32 Å². The summed E-state index contributed by atoms with van der Waals surface area (Å²) in [6, 6.07) is 19.3. The summed E-state index contributed by atoms with van der Waals surface area (Å²) < 4.78 is 2.75. The van der Waals surface area contributed by atoms with Crippen molar-refractivity contribution >= 4 is 50.5 Å². The number of aromatic nitrogens is 2. The topological polar surface area (TPSA) is 74.0 Å². The van der Waals surface area contributed by atoms with Crippen LogP contribution in [0.5, 0.6) is 0 Å². The number of nitriles is 1. The minimum Gasteiger partial charge on any atom is -0.333 e. The van der Waals surface area contributed by atoms with E-state index in [9.17, 15) is 4.79 Å². The first kappa shape index (κ1) is 24.3. The molecule has 0 radical (unpaired) electrons. The molecule has 2 aromatic heterocycles. The summed E-state index contributed by atoms with van der Waals surface area (Å²) in [7, 11) is 0. The van der Waals surface area contributed by atoms with Gasteiger partial charge < -0.3 is 5.32 Å². The smallest absolute Gasteiger partial charge is 0.326 e. The van der Waals surface area contributed by atoms with Gasteiger partial charge in [-0.15, -0.1) is 0 Å². The summed E-state index contributed by atoms with van der Waals surface area (Å²) >= 11 is 9.56. The highest BCUT2D eigenvalue weighted by Gasteiger charge is 2.26. The van der Waals surface area contributed by atoms with Crippen molar-refractivity contribution in [3.05, 3.63) is 104 Å². The van der Waals surface area contributed by atoms with Crippen LogP contribution in [0.1, 0.15) is 27.9 Å². The molecule has 0 bridgehead atoms. The van der Waals surface area contributed by atoms with E-state index >= 15 is 0 Å². The second-order valence-electron chi connectivity index (χ2n) is 8.69. The number of halogens is 2. The van der Waals surface area contributed by atoms with Crippen molar-refractivity contribution in [1.29, 1.82) is 5.26 Å². The molecule has 1 N–H and O–H groups in total. The first-order valence-corrected chi connectivity index (χ1v) is 12.8. The molecule has 36 heavy (non-hydrogen) atoms. The van der Waals surface area contributed by atoms with Crippen molar-refractivity contribution in [1.82, 2.24) is 19.8 Å². The summed E-state index contributed by atoms with van der Waals surface area (Å²) in [4.78, 5) is 19.7. The van der Waals surface area contributed by atoms with Gasteiger partial charge in [0.05, 0.1) is 17.1 Å². The van der Waals surface area contributed by atoms with Gasteiger partial charge in [0, 0.05) is 54.3 Å². The van der Waals surface area contributed by atoms with E-state index in [1.165, 1.54) is 5.56 Å². The highest BCUT2D eigenvalue weighted by Crippen LogP contribution is 2.32. The van der Waals surface area contributed by atoms with Gasteiger partial charge in [-0.1, -0.05) is 57.9 Å². The number of hydrogen-bond acceptors (Lipinski definition) is 4. The molecule has 5 rings (SSSR count). The van der Waals surface area contributed by atoms with Gasteiger partial charge in [-0.3, -0.25) is 9.47 Å². The van der Waals surface area contributed by atoms with E-state index in [0.29, 0.717) is 17.3 Å². The van der Waals surface area contributed by atoms with E-state index < -0.39 is 0 Å². The number of pyridine rings is 1. The van der Waals surface area contributed by atoms with E-state index in [-0.39, 0.29) is 6.03 Å². The molecular formula is C28H23BrClN5O. The van der Waals surface area contributed by atoms with E-state index in [4.69, 9.17) is 16.9 Å². The second-order valence-corrected chi connectivity index (χ2v) is 9.99. The molecule has 4 aromatic rings. The molecule has 0 aliphatic carbocycles. The summed E-state index contributed by atoms with van der Waals surface area (Å²) in [6.07, 6.45) is 6.64. The predicted octanol–water partition coefficient (Wildman–Crippen LogP) is 6.15. The Bertz CT molecular complexity index is 1500. The van der Waals surface area contributed by atoms with Crippen LogP contribution in [-0.2, 0) is 19.5 Å². The van der Waals surface area contributed by atoms with E-state index in [1.54, 1.807) is 12.3 Å². The average Bonchev–Trinajstić information content (AvgIpc) is 3.20. The molecular weight excluding hydrogens is 538 g/mol. The highest BCUT2D eigenvalue weighted by atomic mass is 79.9. The number of fused-ring (bicyclic) bond motifs is 3. The predicted molar refractivity (Wildman–Crippen MR) is 146 cm³/mol. The van der Waals surface area contributed by atoms with Gasteiger partial charge in [0.1, 0.15) is 5.15 Å². The lowest BCUT2D eigenvalue weighted by atomic mass is 10.0. The summed E-state index contributed by atoms with van der Waals surface area (Å²) in [5.41, 5.74) is 5.77. The number of nitrogens with one attached hydrogen (secondary N) is 1. The maximum atomic E-state index is 13.4. The molecule has 0 saturated heterocycles. The molecule has 1 aliphatic rings. The van der Waals surface area contributed by atoms with Crippen LogP contribution in [0.15, 0.2) is 71.3 Å². The van der Waals surface area contributed by atoms with Gasteiger partial charge in [0.15, 0.2) is 0 Å². The minimum atomic E-state index is -0.151. The molecule has 0 atom stereocenters. The Kier molecular flexibility index (Phi) is 7.19. The van der Waals surface area contributed by atoms with Gasteiger partial charge in [-0.05, 0) is 53.1 Å². The third kappa shape index (κ3) is 5.21. The third-order valence-corrected chi connectivity index (χ3v) is 7.04. The molecule has 180 valence electrons. The molecule has 0 fully saturated rings. The van der Waals surface area contributed by atoms with Crippen LogP contribution in [0.25, 0.3) is 17.0 Å². The zero-order valence-electron chi connectivity index (χ0n) is 19.4. The number of rotatable bonds is 5. The molecule has 0 unspecified atom stereocenters. The standard InChI is InChI=1S/C28H23BrClN5O/c29-22-7-8-23-24-18-34(12-1-2-19-3-5-20(16-31)6-4-19)13-10-25(24)35(26(23)15-22)28(36)33-17-21-9-11-32-27(30)14-21/h1-9,11,14-15H,10,12-13,17-18H2,(H,33,36)/b2-1+. The van der Waals surface area contributed by atoms with Crippen LogP contribution in [0.2, 0.25) is 5.15 Å². The highest BCUT2D eigenvalue weighted by molar-refractivity contribution is 9.10. The van der Waals surface area contributed by atoms with Crippen LogP contribution in [0, 0.1) is 11.3 Å². The lowest BCUT2D eigenvalue weighted by Crippen LogP contribution is -2.34. The first-order valence-electron chi connectivity index (χ1n) is 11.6. The fourth-order valence-electron chi connectivity index (χ4n) is 4.59. The lowest BCUT2D eigenvalue weighted by molar-refractivity contribution is 0.240. The molecule has 8 heteroatoms. The molecule has 1 amide bonds. The van der Waals surface area contributed by atoms with Crippen LogP contribution >= 0.6 is 27.5 Å². The average molecular weight is 561 g/mol. The maximum absolute atomic E-state index is 13.4. The SMILES string of the molecule is N#Cc1ccc(/C=C/CN2CCc3c(c4ccc(Br)cc4n3C(=O)NCc3ccnc(Cl)c3)C2)cc1. The van der Waals surface area contributed by atoms with Crippen molar-refractivity contribution in [2.45, 2.75) is 19.5 Å². The monoisotopic (exact) mass is 559 g/mol. The molecule has 3 heterocycles. The normalized spacial score (nSPS) is 13.6. The van der Waals surface area contributed by atoms with Gasteiger partial charge >= 0.3 is 6.03 Å². The molecule has 0 spiro atoms. The molecule has 2 aromatic carbocycles. The van der Waals surface area contributed by atoms with Crippen molar-refractivity contribution < 1.29 is 4.79 Å². The molecule has 0 saturated carbocycles. The van der Waals surface area contributed by atoms with E-state index in [2.05, 4.69) is 55.4 Å². The molecule has 6 nitrogen and oxygen atoms in total. The summed E-state index contributed by atoms with van der Waals surface area (Å²) in [5.74, 6) is 0. The Hall–Kier alpha value is -3.44. The van der Waals surface area contributed by atoms with Crippen LogP contribution in [0.3, 0.4) is 0 Å². The Morgan fingerprint density at radius 3 is 2.81 bits per heavy atom. The fraction of sp³-hybridized carbons (Fsp3) is 0.179. The van der Waals surface area contributed by atoms with Gasteiger partial charge in [0.2, 0.25) is 0 Å². The number of benzene rings is 2. The summed E-state index contributed by atoms with van der Waals surface area (Å²) in [6.45, 7) is 2.80. The number of carbonyl (C=O) groups excluding carboxylic acids is 1. The minimum absolute atomic E-state index is 0.151. The Morgan fingerprint density at radius 1 is 1.19 bits per heavy atom. The van der Waals surface area contributed by atoms with E-state index in [1.807, 2.05) is 47.0 Å². The Labute approximate surface area is 222 Å². The number of carbonyl (C=O) groups is 1. The van der Waals surface area contributed by atoms with Crippen molar-refractivity contribution in [3.8, 4) is 6.07 Å². The molecule has 1 aliphatic heterocycles. The lowest BCUT2D eigenvalue weighted by Gasteiger charge is -2.27. The quantitative estimate of drug-likeness (QED) is 0.297. The van der Waals surface area contributed by atoms with Crippen molar-refractivity contribution in [2.24, 2.45) is 0 Å². The summed E-state index contributed by atoms with van der Waals surface area (Å²) in [5, 5.41) is 13.5. The first-order chi connectivity index (χ1) is 17.5. The Balaban J connectivity index is 1.35. The van der Waals surface area contributed by atoms with Gasteiger partial charge in [0.25, 0.3) is 0 Å². The van der Waals surface area contributed by atoms with Gasteiger partial charge in [-0.25, -0.2) is 9.78 Å². The fourth-order valence-corrected chi connectivity index (χ4v) is 5.14. The third-order valence-electron chi connectivity index (χ3n) is 6.34. The number of amides is 1. The van der Waals surface area contributed by atoms with Crippen LogP contribution in [-0.4, -0.2) is 33.6 Å². The van der Waals surface area contributed by atoms with Gasteiger partial charge in [-0.2, -0.15) is 5.26 Å². The number of hydrogen-bond donors (Lipinski definition) is 1. The van der Waals surface area contributed by atoms with Crippen LogP contribution in [0.4, 0.5) is 4.79 Å². The maximum Gasteiger partial charge on any atom is 0.326 e. The van der Waals surface area contributed by atoms with Crippen molar-refractivity contribution in [2.75, 3.05) is 13.1 Å². The van der Waals surface area contributed by atoms with Crippen molar-refractivity contribution in [3.63, 3.8) is 0 Å². The second kappa shape index (κ2) is 10.7. The Morgan fingerprint density at radius 2 is 2.03 bits per heavy atom. The van der Waals surface area contributed by atoms with E-state index in [0.717, 1.165) is 58.3 Å². The zero-order chi connectivity index (χ0) is 25.1.